The number of rotatable bonds is 3. The summed E-state index contributed by atoms with van der Waals surface area (Å²) in [5.41, 5.74) is 3.44. The Morgan fingerprint density at radius 2 is 2.25 bits per heavy atom. The van der Waals surface area contributed by atoms with Crippen molar-refractivity contribution >= 4 is 34.4 Å². The molecule has 1 amide bonds. The van der Waals surface area contributed by atoms with Gasteiger partial charge in [-0.2, -0.15) is 8.75 Å². The van der Waals surface area contributed by atoms with E-state index in [1.807, 2.05) is 26.0 Å². The molecule has 1 aromatic carbocycles. The Hall–Kier alpha value is -1.49. The number of benzene rings is 1. The van der Waals surface area contributed by atoms with E-state index in [0.717, 1.165) is 40.4 Å². The van der Waals surface area contributed by atoms with Crippen LogP contribution < -0.4 is 5.32 Å². The first-order chi connectivity index (χ1) is 7.72. The van der Waals surface area contributed by atoms with Crippen molar-refractivity contribution < 1.29 is 4.79 Å². The smallest absolute Gasteiger partial charge is 0.224 e. The van der Waals surface area contributed by atoms with Gasteiger partial charge in [0.2, 0.25) is 5.91 Å². The molecule has 1 N–H and O–H groups in total. The molecule has 4 nitrogen and oxygen atoms in total. The number of nitrogens with zero attached hydrogens (tertiary/aromatic N) is 2. The lowest BCUT2D eigenvalue weighted by atomic mass is 10.1. The Morgan fingerprint density at radius 3 is 3.00 bits per heavy atom. The lowest BCUT2D eigenvalue weighted by molar-refractivity contribution is -0.116. The van der Waals surface area contributed by atoms with Crippen LogP contribution in [0.3, 0.4) is 0 Å². The maximum Gasteiger partial charge on any atom is 0.224 e. The number of hydrogen-bond donors (Lipinski definition) is 1. The maximum atomic E-state index is 11.6. The molecule has 0 atom stereocenters. The number of carbonyl (C=O) groups excluding carboxylic acids is 1. The molecule has 5 heteroatoms. The first-order valence-corrected chi connectivity index (χ1v) is 5.97. The van der Waals surface area contributed by atoms with Gasteiger partial charge in [0.05, 0.1) is 17.4 Å². The highest BCUT2D eigenvalue weighted by Crippen LogP contribution is 2.25. The second-order valence-electron chi connectivity index (χ2n) is 3.69. The van der Waals surface area contributed by atoms with E-state index in [0.29, 0.717) is 6.42 Å². The number of nitrogens with one attached hydrogen (secondary N) is 1. The topological polar surface area (TPSA) is 54.9 Å². The number of aryl methyl sites for hydroxylation is 1. The standard InChI is InChI=1S/C11H13N3OS/c1-3-4-9(15)12-10-7(2)5-6-8-11(10)14-16-13-8/h5-6H,3-4H2,1-2H3,(H,12,15). The van der Waals surface area contributed by atoms with Crippen LogP contribution in [0, 0.1) is 6.92 Å². The van der Waals surface area contributed by atoms with E-state index in [1.54, 1.807) is 0 Å². The Balaban J connectivity index is 2.38. The monoisotopic (exact) mass is 235 g/mol. The molecule has 16 heavy (non-hydrogen) atoms. The molecule has 1 heterocycles. The molecule has 0 bridgehead atoms. The molecule has 2 rings (SSSR count). The molecule has 0 aliphatic carbocycles. The lowest BCUT2D eigenvalue weighted by Crippen LogP contribution is -2.12. The molecule has 0 aliphatic rings. The van der Waals surface area contributed by atoms with Crippen LogP contribution in [0.15, 0.2) is 12.1 Å². The highest BCUT2D eigenvalue weighted by atomic mass is 32.1. The average Bonchev–Trinajstić information content (AvgIpc) is 2.71. The minimum Gasteiger partial charge on any atom is -0.324 e. The molecule has 0 aliphatic heterocycles. The Morgan fingerprint density at radius 1 is 1.44 bits per heavy atom. The van der Waals surface area contributed by atoms with Crippen molar-refractivity contribution in [1.29, 1.82) is 0 Å². The summed E-state index contributed by atoms with van der Waals surface area (Å²) in [6, 6.07) is 3.87. The van der Waals surface area contributed by atoms with Crippen LogP contribution in [0.4, 0.5) is 5.69 Å². The number of carbonyl (C=O) groups is 1. The van der Waals surface area contributed by atoms with Crippen LogP contribution in [0.5, 0.6) is 0 Å². The van der Waals surface area contributed by atoms with Gasteiger partial charge < -0.3 is 5.32 Å². The van der Waals surface area contributed by atoms with Crippen molar-refractivity contribution in [1.82, 2.24) is 8.75 Å². The number of fused-ring (bicyclic) bond motifs is 1. The fourth-order valence-corrected chi connectivity index (χ4v) is 2.08. The minimum atomic E-state index is 0.0334. The molecule has 2 aromatic rings. The summed E-state index contributed by atoms with van der Waals surface area (Å²) < 4.78 is 8.36. The highest BCUT2D eigenvalue weighted by Gasteiger charge is 2.10. The second kappa shape index (κ2) is 4.57. The van der Waals surface area contributed by atoms with E-state index >= 15 is 0 Å². The molecule has 0 unspecified atom stereocenters. The van der Waals surface area contributed by atoms with E-state index in [4.69, 9.17) is 0 Å². The summed E-state index contributed by atoms with van der Waals surface area (Å²) >= 11 is 1.16. The van der Waals surface area contributed by atoms with Crippen molar-refractivity contribution in [3.8, 4) is 0 Å². The number of anilines is 1. The van der Waals surface area contributed by atoms with Gasteiger partial charge in [0, 0.05) is 6.42 Å². The summed E-state index contributed by atoms with van der Waals surface area (Å²) in [4.78, 5) is 11.6. The van der Waals surface area contributed by atoms with Crippen molar-refractivity contribution in [2.75, 3.05) is 5.32 Å². The van der Waals surface area contributed by atoms with Crippen molar-refractivity contribution in [2.45, 2.75) is 26.7 Å². The average molecular weight is 235 g/mol. The van der Waals surface area contributed by atoms with Crippen molar-refractivity contribution in [3.05, 3.63) is 17.7 Å². The van der Waals surface area contributed by atoms with E-state index < -0.39 is 0 Å². The highest BCUT2D eigenvalue weighted by molar-refractivity contribution is 7.00. The largest absolute Gasteiger partial charge is 0.324 e. The number of amides is 1. The summed E-state index contributed by atoms with van der Waals surface area (Å²) in [7, 11) is 0. The van der Waals surface area contributed by atoms with Crippen LogP contribution in [0.25, 0.3) is 11.0 Å². The van der Waals surface area contributed by atoms with Crippen molar-refractivity contribution in [3.63, 3.8) is 0 Å². The van der Waals surface area contributed by atoms with E-state index in [9.17, 15) is 4.79 Å². The van der Waals surface area contributed by atoms with Gasteiger partial charge in [-0.3, -0.25) is 4.79 Å². The molecule has 0 spiro atoms. The van der Waals surface area contributed by atoms with Crippen molar-refractivity contribution in [2.24, 2.45) is 0 Å². The number of hydrogen-bond acceptors (Lipinski definition) is 4. The molecule has 0 radical (unpaired) electrons. The van der Waals surface area contributed by atoms with Crippen LogP contribution in [-0.4, -0.2) is 14.7 Å². The summed E-state index contributed by atoms with van der Waals surface area (Å²) in [5, 5.41) is 2.91. The summed E-state index contributed by atoms with van der Waals surface area (Å²) in [5.74, 6) is 0.0334. The predicted octanol–water partition coefficient (Wildman–Crippen LogP) is 2.74. The number of aromatic nitrogens is 2. The van der Waals surface area contributed by atoms with E-state index in [2.05, 4.69) is 14.1 Å². The first-order valence-electron chi connectivity index (χ1n) is 5.24. The fourth-order valence-electron chi connectivity index (χ4n) is 1.54. The van der Waals surface area contributed by atoms with Crippen LogP contribution in [-0.2, 0) is 4.79 Å². The van der Waals surface area contributed by atoms with E-state index in [-0.39, 0.29) is 5.91 Å². The van der Waals surface area contributed by atoms with Crippen LogP contribution in [0.2, 0.25) is 0 Å². The predicted molar refractivity (Wildman–Crippen MR) is 65.7 cm³/mol. The fraction of sp³-hybridized carbons (Fsp3) is 0.364. The summed E-state index contributed by atoms with van der Waals surface area (Å²) in [6.07, 6.45) is 1.38. The Labute approximate surface area is 98.0 Å². The Kier molecular flexibility index (Phi) is 3.14. The lowest BCUT2D eigenvalue weighted by Gasteiger charge is -2.07. The normalized spacial score (nSPS) is 10.6. The molecular weight excluding hydrogens is 222 g/mol. The zero-order valence-corrected chi connectivity index (χ0v) is 10.1. The third-order valence-electron chi connectivity index (χ3n) is 2.38. The van der Waals surface area contributed by atoms with Gasteiger partial charge in [-0.15, -0.1) is 0 Å². The molecule has 1 aromatic heterocycles. The van der Waals surface area contributed by atoms with Gasteiger partial charge >= 0.3 is 0 Å². The van der Waals surface area contributed by atoms with Gasteiger partial charge in [0.1, 0.15) is 11.0 Å². The third-order valence-corrected chi connectivity index (χ3v) is 2.92. The Bertz CT molecular complexity index is 521. The SMILES string of the molecule is CCCC(=O)Nc1c(C)ccc2nsnc12. The van der Waals surface area contributed by atoms with E-state index in [1.165, 1.54) is 0 Å². The third kappa shape index (κ3) is 2.04. The van der Waals surface area contributed by atoms with Crippen LogP contribution >= 0.6 is 11.7 Å². The zero-order valence-electron chi connectivity index (χ0n) is 9.28. The molecule has 0 saturated carbocycles. The van der Waals surface area contributed by atoms with Gasteiger partial charge in [-0.1, -0.05) is 13.0 Å². The second-order valence-corrected chi connectivity index (χ2v) is 4.22. The van der Waals surface area contributed by atoms with Gasteiger partial charge in [0.25, 0.3) is 0 Å². The molecular formula is C11H13N3OS. The quantitative estimate of drug-likeness (QED) is 0.890. The van der Waals surface area contributed by atoms with Gasteiger partial charge in [-0.05, 0) is 25.0 Å². The van der Waals surface area contributed by atoms with Gasteiger partial charge in [0.15, 0.2) is 0 Å². The summed E-state index contributed by atoms with van der Waals surface area (Å²) in [6.45, 7) is 3.94. The van der Waals surface area contributed by atoms with Gasteiger partial charge in [-0.25, -0.2) is 0 Å². The zero-order chi connectivity index (χ0) is 11.5. The molecule has 0 saturated heterocycles. The first kappa shape index (κ1) is 11.0. The maximum absolute atomic E-state index is 11.6. The van der Waals surface area contributed by atoms with Crippen LogP contribution in [0.1, 0.15) is 25.3 Å². The minimum absolute atomic E-state index is 0.0334. The molecule has 0 fully saturated rings. The molecule has 84 valence electrons.